The molecule has 0 aliphatic rings. The Morgan fingerprint density at radius 1 is 1.19 bits per heavy atom. The van der Waals surface area contributed by atoms with Crippen LogP contribution in [0.4, 0.5) is 0 Å². The number of benzene rings is 2. The van der Waals surface area contributed by atoms with Gasteiger partial charge in [-0.05, 0) is 48.9 Å². The Kier molecular flexibility index (Phi) is 7.67. The van der Waals surface area contributed by atoms with Crippen molar-refractivity contribution in [3.8, 4) is 11.5 Å². The second kappa shape index (κ2) is 9.97. The number of aryl methyl sites for hydroxylation is 1. The Balaban J connectivity index is 2.74. The molecule has 2 rings (SSSR count). The summed E-state index contributed by atoms with van der Waals surface area (Å²) in [5, 5.41) is 1.98. The van der Waals surface area contributed by atoms with E-state index in [4.69, 9.17) is 18.9 Å². The molecule has 27 heavy (non-hydrogen) atoms. The summed E-state index contributed by atoms with van der Waals surface area (Å²) in [6.45, 7) is 6.16. The molecule has 0 radical (unpaired) electrons. The first-order valence-electron chi connectivity index (χ1n) is 9.17. The van der Waals surface area contributed by atoms with Gasteiger partial charge in [-0.25, -0.2) is 4.79 Å². The van der Waals surface area contributed by atoms with Gasteiger partial charge < -0.3 is 18.9 Å². The fourth-order valence-electron chi connectivity index (χ4n) is 3.06. The summed E-state index contributed by atoms with van der Waals surface area (Å²) in [5.41, 5.74) is 2.59. The first kappa shape index (κ1) is 20.8. The Bertz CT molecular complexity index is 823. The van der Waals surface area contributed by atoms with Crippen molar-refractivity contribution in [2.75, 3.05) is 27.6 Å². The van der Waals surface area contributed by atoms with Crippen LogP contribution in [0.3, 0.4) is 0 Å². The Hall–Kier alpha value is -2.53. The summed E-state index contributed by atoms with van der Waals surface area (Å²) in [5.74, 6) is 0.935. The molecule has 146 valence electrons. The van der Waals surface area contributed by atoms with Gasteiger partial charge in [0.2, 0.25) is 0 Å². The highest BCUT2D eigenvalue weighted by molar-refractivity contribution is 6.02. The molecule has 0 fully saturated rings. The number of fused-ring (bicyclic) bond motifs is 1. The quantitative estimate of drug-likeness (QED) is 0.361. The minimum absolute atomic E-state index is 0.128. The summed E-state index contributed by atoms with van der Waals surface area (Å²) in [6, 6.07) is 8.03. The summed E-state index contributed by atoms with van der Waals surface area (Å²) in [6.07, 6.45) is 3.75. The molecule has 2 aromatic carbocycles. The molecule has 0 N–H and O–H groups in total. The van der Waals surface area contributed by atoms with Crippen molar-refractivity contribution in [3.05, 3.63) is 41.0 Å². The zero-order valence-corrected chi connectivity index (χ0v) is 16.8. The van der Waals surface area contributed by atoms with Gasteiger partial charge in [-0.15, -0.1) is 0 Å². The zero-order valence-electron chi connectivity index (χ0n) is 16.8. The van der Waals surface area contributed by atoms with Crippen molar-refractivity contribution in [1.82, 2.24) is 0 Å². The number of methoxy groups -OCH3 is 2. The lowest BCUT2D eigenvalue weighted by molar-refractivity contribution is -0.138. The van der Waals surface area contributed by atoms with Crippen molar-refractivity contribution < 1.29 is 23.7 Å². The Morgan fingerprint density at radius 2 is 1.96 bits per heavy atom. The standard InChI is InChI=1S/C22H28O5/c1-6-9-16-10-8-11-18-17(12-15(3)22(23)26-7-2)13-19(25-5)21(20(16)18)27-14-24-4/h8,10-13H,6-7,9,14H2,1-5H3. The molecule has 0 spiro atoms. The third-order valence-corrected chi connectivity index (χ3v) is 4.23. The fraction of sp³-hybridized carbons (Fsp3) is 0.409. The van der Waals surface area contributed by atoms with Crippen LogP contribution in [0, 0.1) is 0 Å². The van der Waals surface area contributed by atoms with E-state index < -0.39 is 0 Å². The van der Waals surface area contributed by atoms with Gasteiger partial charge in [-0.1, -0.05) is 31.5 Å². The molecular weight excluding hydrogens is 344 g/mol. The summed E-state index contributed by atoms with van der Waals surface area (Å²) in [4.78, 5) is 12.1. The minimum atomic E-state index is -0.325. The van der Waals surface area contributed by atoms with Crippen LogP contribution in [0.5, 0.6) is 11.5 Å². The normalized spacial score (nSPS) is 11.5. The number of hydrogen-bond donors (Lipinski definition) is 0. The summed E-state index contributed by atoms with van der Waals surface area (Å²) >= 11 is 0. The molecule has 0 bridgehead atoms. The highest BCUT2D eigenvalue weighted by atomic mass is 16.7. The molecule has 0 saturated carbocycles. The number of carbonyl (C=O) groups is 1. The van der Waals surface area contributed by atoms with Crippen molar-refractivity contribution in [1.29, 1.82) is 0 Å². The molecule has 0 atom stereocenters. The van der Waals surface area contributed by atoms with Crippen LogP contribution in [-0.4, -0.2) is 33.6 Å². The molecule has 0 unspecified atom stereocenters. The van der Waals surface area contributed by atoms with Gasteiger partial charge in [-0.2, -0.15) is 0 Å². The molecule has 0 saturated heterocycles. The topological polar surface area (TPSA) is 54.0 Å². The van der Waals surface area contributed by atoms with E-state index in [0.717, 1.165) is 29.2 Å². The largest absolute Gasteiger partial charge is 0.493 e. The highest BCUT2D eigenvalue weighted by Crippen LogP contribution is 2.41. The van der Waals surface area contributed by atoms with Crippen molar-refractivity contribution in [2.24, 2.45) is 0 Å². The molecular formula is C22H28O5. The number of hydrogen-bond acceptors (Lipinski definition) is 5. The third kappa shape index (κ3) is 4.80. The molecule has 0 aliphatic heterocycles. The van der Waals surface area contributed by atoms with Gasteiger partial charge in [0.05, 0.1) is 13.7 Å². The van der Waals surface area contributed by atoms with Crippen LogP contribution in [0.25, 0.3) is 16.8 Å². The monoisotopic (exact) mass is 372 g/mol. The second-order valence-electron chi connectivity index (χ2n) is 6.19. The van der Waals surface area contributed by atoms with Gasteiger partial charge >= 0.3 is 5.97 Å². The van der Waals surface area contributed by atoms with E-state index in [-0.39, 0.29) is 12.8 Å². The lowest BCUT2D eigenvalue weighted by Gasteiger charge is -2.18. The summed E-state index contributed by atoms with van der Waals surface area (Å²) in [7, 11) is 3.19. The molecule has 2 aromatic rings. The number of ether oxygens (including phenoxy) is 4. The Labute approximate surface area is 160 Å². The third-order valence-electron chi connectivity index (χ3n) is 4.23. The summed E-state index contributed by atoms with van der Waals surface area (Å²) < 4.78 is 21.7. The average Bonchev–Trinajstić information content (AvgIpc) is 2.67. The van der Waals surface area contributed by atoms with E-state index >= 15 is 0 Å². The molecule has 0 aromatic heterocycles. The van der Waals surface area contributed by atoms with Crippen LogP contribution >= 0.6 is 0 Å². The maximum absolute atomic E-state index is 12.1. The fourth-order valence-corrected chi connectivity index (χ4v) is 3.06. The predicted octanol–water partition coefficient (Wildman–Crippen LogP) is 4.75. The zero-order chi connectivity index (χ0) is 19.8. The van der Waals surface area contributed by atoms with E-state index in [1.54, 1.807) is 28.1 Å². The first-order valence-corrected chi connectivity index (χ1v) is 9.17. The molecule has 0 aliphatic carbocycles. The molecule has 5 heteroatoms. The maximum atomic E-state index is 12.1. The van der Waals surface area contributed by atoms with Crippen LogP contribution in [0.15, 0.2) is 29.8 Å². The number of rotatable bonds is 9. The number of esters is 1. The van der Waals surface area contributed by atoms with Gasteiger partial charge in [0.25, 0.3) is 0 Å². The first-order chi connectivity index (χ1) is 13.1. The van der Waals surface area contributed by atoms with Crippen LogP contribution < -0.4 is 9.47 Å². The highest BCUT2D eigenvalue weighted by Gasteiger charge is 2.17. The van der Waals surface area contributed by atoms with Gasteiger partial charge in [-0.3, -0.25) is 0 Å². The van der Waals surface area contributed by atoms with Gasteiger partial charge in [0.15, 0.2) is 18.3 Å². The van der Waals surface area contributed by atoms with E-state index in [1.165, 1.54) is 5.56 Å². The van der Waals surface area contributed by atoms with E-state index in [0.29, 0.717) is 23.7 Å². The van der Waals surface area contributed by atoms with E-state index in [9.17, 15) is 4.79 Å². The lowest BCUT2D eigenvalue weighted by Crippen LogP contribution is -2.05. The van der Waals surface area contributed by atoms with Crippen LogP contribution in [0.2, 0.25) is 0 Å². The molecule has 0 amide bonds. The minimum Gasteiger partial charge on any atom is -0.493 e. The van der Waals surface area contributed by atoms with Crippen molar-refractivity contribution in [3.63, 3.8) is 0 Å². The van der Waals surface area contributed by atoms with Crippen LogP contribution in [-0.2, 0) is 20.7 Å². The average molecular weight is 372 g/mol. The lowest BCUT2D eigenvalue weighted by atomic mass is 9.95. The van der Waals surface area contributed by atoms with E-state index in [1.807, 2.05) is 24.3 Å². The Morgan fingerprint density at radius 3 is 2.59 bits per heavy atom. The molecule has 5 nitrogen and oxygen atoms in total. The van der Waals surface area contributed by atoms with Crippen LogP contribution in [0.1, 0.15) is 38.3 Å². The maximum Gasteiger partial charge on any atom is 0.333 e. The van der Waals surface area contributed by atoms with Crippen molar-refractivity contribution in [2.45, 2.75) is 33.6 Å². The second-order valence-corrected chi connectivity index (χ2v) is 6.19. The smallest absolute Gasteiger partial charge is 0.333 e. The molecule has 0 heterocycles. The van der Waals surface area contributed by atoms with Gasteiger partial charge in [0, 0.05) is 18.1 Å². The van der Waals surface area contributed by atoms with Crippen molar-refractivity contribution >= 4 is 22.8 Å². The number of carbonyl (C=O) groups excluding carboxylic acids is 1. The van der Waals surface area contributed by atoms with Gasteiger partial charge in [0.1, 0.15) is 0 Å². The predicted molar refractivity (Wildman–Crippen MR) is 107 cm³/mol. The SMILES string of the molecule is CCCc1cccc2c(C=C(C)C(=O)OCC)cc(OC)c(OCOC)c12. The van der Waals surface area contributed by atoms with E-state index in [2.05, 4.69) is 13.0 Å².